The summed E-state index contributed by atoms with van der Waals surface area (Å²) in [5, 5.41) is 14.1. The highest BCUT2D eigenvalue weighted by Gasteiger charge is 2.13. The summed E-state index contributed by atoms with van der Waals surface area (Å²) in [6.45, 7) is 7.49. The molecule has 5 nitrogen and oxygen atoms in total. The molecule has 1 aromatic rings. The van der Waals surface area contributed by atoms with Crippen LogP contribution < -0.4 is 5.32 Å². The highest BCUT2D eigenvalue weighted by molar-refractivity contribution is 5.34. The molecule has 0 aliphatic carbocycles. The molecule has 1 fully saturated rings. The molecule has 1 aliphatic heterocycles. The van der Waals surface area contributed by atoms with E-state index in [-0.39, 0.29) is 10.6 Å². The Kier molecular flexibility index (Phi) is 6.14. The summed E-state index contributed by atoms with van der Waals surface area (Å²) in [4.78, 5) is 12.9. The Labute approximate surface area is 126 Å². The van der Waals surface area contributed by atoms with Gasteiger partial charge >= 0.3 is 0 Å². The molecule has 1 atom stereocenters. The quantitative estimate of drug-likeness (QED) is 0.620. The van der Waals surface area contributed by atoms with Gasteiger partial charge in [-0.3, -0.25) is 10.1 Å². The molecule has 0 bridgehead atoms. The number of benzene rings is 1. The van der Waals surface area contributed by atoms with Crippen molar-refractivity contribution in [2.75, 3.05) is 26.2 Å². The van der Waals surface area contributed by atoms with Gasteiger partial charge in [0.2, 0.25) is 0 Å². The maximum atomic E-state index is 10.7. The average Bonchev–Trinajstić information content (AvgIpc) is 2.48. The van der Waals surface area contributed by atoms with E-state index in [9.17, 15) is 10.1 Å². The molecule has 1 aliphatic rings. The van der Waals surface area contributed by atoms with Crippen molar-refractivity contribution in [3.63, 3.8) is 0 Å². The standard InChI is InChI=1S/C16H25N3O2/c1-14(13-18-8-3-2-4-9-18)11-17-12-15-6-5-7-16(10-15)19(20)21/h5-7,10,14,17H,2-4,8-9,11-13H2,1H3. The zero-order valence-corrected chi connectivity index (χ0v) is 12.8. The van der Waals surface area contributed by atoms with Gasteiger partial charge in [-0.2, -0.15) is 0 Å². The number of non-ortho nitro benzene ring substituents is 1. The maximum absolute atomic E-state index is 10.7. The van der Waals surface area contributed by atoms with Gasteiger partial charge in [0.1, 0.15) is 0 Å². The number of nitrogens with zero attached hydrogens (tertiary/aromatic N) is 2. The van der Waals surface area contributed by atoms with Crippen LogP contribution in [0.1, 0.15) is 31.7 Å². The lowest BCUT2D eigenvalue weighted by Crippen LogP contribution is -2.36. The van der Waals surface area contributed by atoms with E-state index in [0.717, 1.165) is 18.7 Å². The minimum atomic E-state index is -0.345. The zero-order chi connectivity index (χ0) is 15.1. The van der Waals surface area contributed by atoms with Gasteiger partial charge in [0.25, 0.3) is 5.69 Å². The summed E-state index contributed by atoms with van der Waals surface area (Å²) < 4.78 is 0. The molecule has 116 valence electrons. The van der Waals surface area contributed by atoms with E-state index >= 15 is 0 Å². The van der Waals surface area contributed by atoms with E-state index in [2.05, 4.69) is 17.1 Å². The Hall–Kier alpha value is -1.46. The van der Waals surface area contributed by atoms with Crippen LogP contribution in [-0.4, -0.2) is 36.0 Å². The van der Waals surface area contributed by atoms with Crippen molar-refractivity contribution in [3.05, 3.63) is 39.9 Å². The molecule has 0 saturated carbocycles. The zero-order valence-electron chi connectivity index (χ0n) is 12.8. The van der Waals surface area contributed by atoms with Crippen molar-refractivity contribution in [2.45, 2.75) is 32.7 Å². The van der Waals surface area contributed by atoms with Crippen molar-refractivity contribution in [3.8, 4) is 0 Å². The van der Waals surface area contributed by atoms with Gasteiger partial charge in [-0.05, 0) is 44.0 Å². The molecule has 1 heterocycles. The minimum Gasteiger partial charge on any atom is -0.312 e. The van der Waals surface area contributed by atoms with Gasteiger partial charge in [-0.1, -0.05) is 25.5 Å². The van der Waals surface area contributed by atoms with E-state index in [4.69, 9.17) is 0 Å². The van der Waals surface area contributed by atoms with Gasteiger partial charge in [0, 0.05) is 25.2 Å². The Bertz CT molecular complexity index is 459. The van der Waals surface area contributed by atoms with Crippen molar-refractivity contribution in [1.82, 2.24) is 10.2 Å². The van der Waals surface area contributed by atoms with Crippen molar-refractivity contribution >= 4 is 5.69 Å². The van der Waals surface area contributed by atoms with E-state index in [1.807, 2.05) is 6.07 Å². The number of hydrogen-bond donors (Lipinski definition) is 1. The fraction of sp³-hybridized carbons (Fsp3) is 0.625. The number of hydrogen-bond acceptors (Lipinski definition) is 4. The number of nitrogens with one attached hydrogen (secondary N) is 1. The van der Waals surface area contributed by atoms with Crippen molar-refractivity contribution < 1.29 is 4.92 Å². The number of rotatable bonds is 7. The van der Waals surface area contributed by atoms with Crippen LogP contribution in [0.15, 0.2) is 24.3 Å². The second-order valence-corrected chi connectivity index (χ2v) is 6.02. The summed E-state index contributed by atoms with van der Waals surface area (Å²) in [5.74, 6) is 0.599. The van der Waals surface area contributed by atoms with E-state index in [0.29, 0.717) is 12.5 Å². The van der Waals surface area contributed by atoms with Crippen LogP contribution in [0.5, 0.6) is 0 Å². The Morgan fingerprint density at radius 3 is 2.81 bits per heavy atom. The summed E-state index contributed by atoms with van der Waals surface area (Å²) in [5.41, 5.74) is 1.13. The van der Waals surface area contributed by atoms with Crippen LogP contribution in [0.2, 0.25) is 0 Å². The monoisotopic (exact) mass is 291 g/mol. The molecule has 0 radical (unpaired) electrons. The third-order valence-electron chi connectivity index (χ3n) is 3.96. The number of piperidine rings is 1. The molecule has 0 aromatic heterocycles. The minimum absolute atomic E-state index is 0.163. The van der Waals surface area contributed by atoms with Gasteiger partial charge in [0.15, 0.2) is 0 Å². The molecule has 1 unspecified atom stereocenters. The molecule has 5 heteroatoms. The first kappa shape index (κ1) is 15.9. The average molecular weight is 291 g/mol. The Balaban J connectivity index is 1.70. The predicted molar refractivity (Wildman–Crippen MR) is 84.3 cm³/mol. The molecule has 1 N–H and O–H groups in total. The third-order valence-corrected chi connectivity index (χ3v) is 3.96. The van der Waals surface area contributed by atoms with Crippen molar-refractivity contribution in [1.29, 1.82) is 0 Å². The second kappa shape index (κ2) is 8.10. The van der Waals surface area contributed by atoms with Crippen LogP contribution in [-0.2, 0) is 6.54 Å². The molecular formula is C16H25N3O2. The highest BCUT2D eigenvalue weighted by atomic mass is 16.6. The normalized spacial score (nSPS) is 17.6. The maximum Gasteiger partial charge on any atom is 0.269 e. The van der Waals surface area contributed by atoms with Crippen LogP contribution in [0.3, 0.4) is 0 Å². The highest BCUT2D eigenvalue weighted by Crippen LogP contribution is 2.13. The largest absolute Gasteiger partial charge is 0.312 e. The molecule has 1 aromatic carbocycles. The summed E-state index contributed by atoms with van der Waals surface area (Å²) >= 11 is 0. The predicted octanol–water partition coefficient (Wildman–Crippen LogP) is 2.81. The number of likely N-dealkylation sites (tertiary alicyclic amines) is 1. The van der Waals surface area contributed by atoms with Gasteiger partial charge in [-0.15, -0.1) is 0 Å². The molecule has 2 rings (SSSR count). The van der Waals surface area contributed by atoms with Crippen LogP contribution in [0.4, 0.5) is 5.69 Å². The topological polar surface area (TPSA) is 58.4 Å². The molecular weight excluding hydrogens is 266 g/mol. The lowest BCUT2D eigenvalue weighted by Gasteiger charge is -2.29. The second-order valence-electron chi connectivity index (χ2n) is 6.02. The van der Waals surface area contributed by atoms with E-state index in [1.54, 1.807) is 12.1 Å². The number of nitro groups is 1. The van der Waals surface area contributed by atoms with Gasteiger partial charge < -0.3 is 10.2 Å². The SMILES string of the molecule is CC(CNCc1cccc([N+](=O)[O-])c1)CN1CCCCC1. The lowest BCUT2D eigenvalue weighted by atomic mass is 10.1. The fourth-order valence-electron chi connectivity index (χ4n) is 2.89. The molecule has 21 heavy (non-hydrogen) atoms. The summed E-state index contributed by atoms with van der Waals surface area (Å²) in [7, 11) is 0. The first-order chi connectivity index (χ1) is 10.1. The van der Waals surface area contributed by atoms with E-state index in [1.165, 1.54) is 38.4 Å². The Morgan fingerprint density at radius 1 is 1.33 bits per heavy atom. The van der Waals surface area contributed by atoms with Crippen LogP contribution >= 0.6 is 0 Å². The molecule has 1 saturated heterocycles. The number of nitro benzene ring substituents is 1. The molecule has 0 amide bonds. The lowest BCUT2D eigenvalue weighted by molar-refractivity contribution is -0.384. The first-order valence-electron chi connectivity index (χ1n) is 7.81. The van der Waals surface area contributed by atoms with Crippen LogP contribution in [0, 0.1) is 16.0 Å². The fourth-order valence-corrected chi connectivity index (χ4v) is 2.89. The van der Waals surface area contributed by atoms with Gasteiger partial charge in [0.05, 0.1) is 4.92 Å². The summed E-state index contributed by atoms with van der Waals surface area (Å²) in [6.07, 6.45) is 4.03. The van der Waals surface area contributed by atoms with E-state index < -0.39 is 0 Å². The first-order valence-corrected chi connectivity index (χ1v) is 7.81. The Morgan fingerprint density at radius 2 is 2.10 bits per heavy atom. The smallest absolute Gasteiger partial charge is 0.269 e. The van der Waals surface area contributed by atoms with Crippen LogP contribution in [0.25, 0.3) is 0 Å². The van der Waals surface area contributed by atoms with Gasteiger partial charge in [-0.25, -0.2) is 0 Å². The summed E-state index contributed by atoms with van der Waals surface area (Å²) in [6, 6.07) is 6.84. The molecule has 0 spiro atoms. The van der Waals surface area contributed by atoms with Crippen molar-refractivity contribution in [2.24, 2.45) is 5.92 Å². The third kappa shape index (κ3) is 5.44.